The van der Waals surface area contributed by atoms with Crippen molar-refractivity contribution in [2.45, 2.75) is 39.5 Å². The minimum absolute atomic E-state index is 0.163. The number of hydrazone groups is 1. The van der Waals surface area contributed by atoms with Crippen molar-refractivity contribution >= 4 is 23.4 Å². The molecule has 0 atom stereocenters. The van der Waals surface area contributed by atoms with Crippen molar-refractivity contribution in [3.05, 3.63) is 87.8 Å². The number of aromatic amines is 1. The summed E-state index contributed by atoms with van der Waals surface area (Å²) in [6, 6.07) is 18.8. The van der Waals surface area contributed by atoms with Crippen LogP contribution in [0, 0.1) is 0 Å². The molecule has 1 amide bonds. The maximum Gasteiger partial charge on any atom is 0.280 e. The highest BCUT2D eigenvalue weighted by molar-refractivity contribution is 6.32. The number of carbonyl (C=O) groups excluding carboxylic acids is 1. The molecule has 3 aromatic rings. The Hall–Kier alpha value is -3.67. The van der Waals surface area contributed by atoms with Crippen LogP contribution in [0.15, 0.2) is 76.1 Å². The zero-order valence-electron chi connectivity index (χ0n) is 17.8. The fraction of sp³-hybridized carbons (Fsp3) is 0.240. The Bertz CT molecular complexity index is 1190. The van der Waals surface area contributed by atoms with Crippen molar-refractivity contribution in [1.29, 1.82) is 0 Å². The van der Waals surface area contributed by atoms with Crippen molar-refractivity contribution in [1.82, 2.24) is 9.78 Å². The number of rotatable bonds is 7. The maximum atomic E-state index is 13.3. The van der Waals surface area contributed by atoms with E-state index in [1.165, 1.54) is 5.01 Å². The van der Waals surface area contributed by atoms with Gasteiger partial charge in [0, 0.05) is 5.69 Å². The largest absolute Gasteiger partial charge is 0.294 e. The van der Waals surface area contributed by atoms with Crippen LogP contribution in [0.2, 0.25) is 0 Å². The molecule has 1 aromatic heterocycles. The van der Waals surface area contributed by atoms with E-state index >= 15 is 0 Å². The molecule has 6 nitrogen and oxygen atoms in total. The normalized spacial score (nSPS) is 15.0. The molecule has 6 heteroatoms. The average Bonchev–Trinajstić information content (AvgIpc) is 3.27. The number of hydrogen-bond acceptors (Lipinski definition) is 3. The van der Waals surface area contributed by atoms with Gasteiger partial charge < -0.3 is 0 Å². The van der Waals surface area contributed by atoms with Gasteiger partial charge in [0.25, 0.3) is 11.5 Å². The first kappa shape index (κ1) is 20.6. The van der Waals surface area contributed by atoms with Crippen LogP contribution in [-0.4, -0.2) is 21.4 Å². The highest BCUT2D eigenvalue weighted by Gasteiger charge is 2.31. The average molecular weight is 415 g/mol. The van der Waals surface area contributed by atoms with Gasteiger partial charge in [0.15, 0.2) is 0 Å². The number of hydrogen-bond donors (Lipinski definition) is 1. The number of benzene rings is 2. The molecular weight excluding hydrogens is 388 g/mol. The van der Waals surface area contributed by atoms with Gasteiger partial charge in [0.2, 0.25) is 0 Å². The van der Waals surface area contributed by atoms with Crippen molar-refractivity contribution in [2.75, 3.05) is 5.01 Å². The van der Waals surface area contributed by atoms with Crippen molar-refractivity contribution < 1.29 is 4.79 Å². The summed E-state index contributed by atoms with van der Waals surface area (Å²) < 4.78 is 1.54. The van der Waals surface area contributed by atoms with E-state index in [0.717, 1.165) is 24.2 Å². The summed E-state index contributed by atoms with van der Waals surface area (Å²) in [7, 11) is 0. The molecular formula is C25H26N4O2. The Morgan fingerprint density at radius 2 is 1.48 bits per heavy atom. The molecule has 0 saturated carbocycles. The van der Waals surface area contributed by atoms with Gasteiger partial charge >= 0.3 is 0 Å². The van der Waals surface area contributed by atoms with Crippen LogP contribution in [0.5, 0.6) is 0 Å². The van der Waals surface area contributed by atoms with Gasteiger partial charge in [-0.3, -0.25) is 14.7 Å². The summed E-state index contributed by atoms with van der Waals surface area (Å²) in [5.74, 6) is -0.205. The first-order chi connectivity index (χ1) is 15.1. The minimum Gasteiger partial charge on any atom is -0.294 e. The highest BCUT2D eigenvalue weighted by Crippen LogP contribution is 2.26. The lowest BCUT2D eigenvalue weighted by atomic mass is 10.0. The number of amides is 1. The molecule has 158 valence electrons. The van der Waals surface area contributed by atoms with E-state index in [0.29, 0.717) is 35.4 Å². The summed E-state index contributed by atoms with van der Waals surface area (Å²) in [4.78, 5) is 26.6. The maximum absolute atomic E-state index is 13.3. The topological polar surface area (TPSA) is 70.5 Å². The van der Waals surface area contributed by atoms with Crippen LogP contribution < -0.4 is 10.6 Å². The zero-order chi connectivity index (χ0) is 21.8. The number of para-hydroxylation sites is 2. The predicted octanol–water partition coefficient (Wildman–Crippen LogP) is 4.70. The molecule has 0 spiro atoms. The van der Waals surface area contributed by atoms with Gasteiger partial charge in [-0.15, -0.1) is 0 Å². The van der Waals surface area contributed by atoms with E-state index in [1.54, 1.807) is 10.8 Å². The standard InChI is InChI=1S/C25H26N4O2/c1-3-11-22-20(24(30)28(26-22)18-13-7-5-8-14-18)17-21-23(12-4-2)27-29(25(21)31)19-15-9-6-10-16-19/h5-10,13-17,26H,3-4,11-12H2,1-2H3/b21-17-. The molecule has 0 unspecified atom stereocenters. The minimum atomic E-state index is -0.205. The molecule has 31 heavy (non-hydrogen) atoms. The van der Waals surface area contributed by atoms with E-state index in [1.807, 2.05) is 60.7 Å². The first-order valence-corrected chi connectivity index (χ1v) is 10.7. The fourth-order valence-corrected chi connectivity index (χ4v) is 3.76. The third-order valence-corrected chi connectivity index (χ3v) is 5.25. The summed E-state index contributed by atoms with van der Waals surface area (Å²) in [6.07, 6.45) is 4.84. The third kappa shape index (κ3) is 4.01. The molecule has 2 aromatic carbocycles. The van der Waals surface area contributed by atoms with Gasteiger partial charge in [0.05, 0.1) is 28.2 Å². The number of aromatic nitrogens is 2. The summed E-state index contributed by atoms with van der Waals surface area (Å²) in [5.41, 5.74) is 3.86. The van der Waals surface area contributed by atoms with Gasteiger partial charge in [-0.1, -0.05) is 63.1 Å². The van der Waals surface area contributed by atoms with Crippen LogP contribution in [0.4, 0.5) is 5.69 Å². The summed E-state index contributed by atoms with van der Waals surface area (Å²) in [5, 5.41) is 9.26. The molecule has 4 rings (SSSR count). The van der Waals surface area contributed by atoms with Crippen LogP contribution in [0.25, 0.3) is 11.8 Å². The molecule has 0 saturated heterocycles. The molecule has 0 bridgehead atoms. The smallest absolute Gasteiger partial charge is 0.280 e. The predicted molar refractivity (Wildman–Crippen MR) is 125 cm³/mol. The second-order valence-corrected chi connectivity index (χ2v) is 7.54. The van der Waals surface area contributed by atoms with Crippen LogP contribution in [-0.2, 0) is 11.2 Å². The van der Waals surface area contributed by atoms with Crippen molar-refractivity contribution in [2.24, 2.45) is 5.10 Å². The Kier molecular flexibility index (Phi) is 5.98. The lowest BCUT2D eigenvalue weighted by Crippen LogP contribution is -2.22. The quantitative estimate of drug-likeness (QED) is 0.569. The van der Waals surface area contributed by atoms with E-state index in [4.69, 9.17) is 0 Å². The number of nitrogens with one attached hydrogen (secondary N) is 1. The molecule has 0 radical (unpaired) electrons. The Morgan fingerprint density at radius 3 is 2.10 bits per heavy atom. The highest BCUT2D eigenvalue weighted by atomic mass is 16.2. The number of aryl methyl sites for hydroxylation is 1. The first-order valence-electron chi connectivity index (χ1n) is 10.7. The third-order valence-electron chi connectivity index (χ3n) is 5.25. The molecule has 0 fully saturated rings. The van der Waals surface area contributed by atoms with Crippen LogP contribution >= 0.6 is 0 Å². The summed E-state index contributed by atoms with van der Waals surface area (Å²) >= 11 is 0. The second-order valence-electron chi connectivity index (χ2n) is 7.54. The number of carbonyl (C=O) groups is 1. The van der Waals surface area contributed by atoms with E-state index in [2.05, 4.69) is 24.0 Å². The Labute approximate surface area is 181 Å². The van der Waals surface area contributed by atoms with Gasteiger partial charge in [-0.2, -0.15) is 10.1 Å². The number of anilines is 1. The second kappa shape index (κ2) is 9.00. The fourth-order valence-electron chi connectivity index (χ4n) is 3.76. The molecule has 1 aliphatic heterocycles. The number of nitrogens with zero attached hydrogens (tertiary/aromatic N) is 3. The molecule has 1 aliphatic rings. The SMILES string of the molecule is CCCC1=NN(c2ccccc2)C(=O)/C1=C\c1c(CCC)[nH]n(-c2ccccc2)c1=O. The van der Waals surface area contributed by atoms with E-state index in [-0.39, 0.29) is 11.5 Å². The zero-order valence-corrected chi connectivity index (χ0v) is 17.8. The van der Waals surface area contributed by atoms with Crippen LogP contribution in [0.1, 0.15) is 44.4 Å². The molecule has 1 N–H and O–H groups in total. The Morgan fingerprint density at radius 1 is 0.871 bits per heavy atom. The van der Waals surface area contributed by atoms with Gasteiger partial charge in [-0.05, 0) is 43.2 Å². The monoisotopic (exact) mass is 414 g/mol. The van der Waals surface area contributed by atoms with Gasteiger partial charge in [0.1, 0.15) is 0 Å². The van der Waals surface area contributed by atoms with E-state index in [9.17, 15) is 9.59 Å². The van der Waals surface area contributed by atoms with Crippen LogP contribution in [0.3, 0.4) is 0 Å². The van der Waals surface area contributed by atoms with E-state index < -0.39 is 0 Å². The van der Waals surface area contributed by atoms with Gasteiger partial charge in [-0.25, -0.2) is 4.68 Å². The Balaban J connectivity index is 1.81. The number of H-pyrrole nitrogens is 1. The lowest BCUT2D eigenvalue weighted by Gasteiger charge is -2.10. The van der Waals surface area contributed by atoms with Crippen molar-refractivity contribution in [3.63, 3.8) is 0 Å². The molecule has 2 heterocycles. The molecule has 0 aliphatic carbocycles. The lowest BCUT2D eigenvalue weighted by molar-refractivity contribution is -0.114. The van der Waals surface area contributed by atoms with Crippen molar-refractivity contribution in [3.8, 4) is 5.69 Å². The summed E-state index contributed by atoms with van der Waals surface area (Å²) in [6.45, 7) is 4.12.